The average molecular weight is 288 g/mol. The maximum absolute atomic E-state index is 11.9. The standard InChI is InChI=1S/C14H16N4O3/c1-10-13(14(20)16-15-11(2)19)18(21)9-17(10)8-12-6-4-3-5-7-12/h3-7,9H,8H2,1-2H3,(H,15,19)(H,16,20). The van der Waals surface area contributed by atoms with E-state index in [9.17, 15) is 14.8 Å². The number of hydrogen-bond acceptors (Lipinski definition) is 3. The van der Waals surface area contributed by atoms with Crippen molar-refractivity contribution in [2.24, 2.45) is 0 Å². The third-order valence-corrected chi connectivity index (χ3v) is 3.00. The second kappa shape index (κ2) is 6.08. The van der Waals surface area contributed by atoms with Crippen LogP contribution in [0.3, 0.4) is 0 Å². The van der Waals surface area contributed by atoms with Crippen LogP contribution in [0, 0.1) is 12.1 Å². The Labute approximate surface area is 121 Å². The maximum atomic E-state index is 11.9. The average Bonchev–Trinajstić information content (AvgIpc) is 2.72. The Kier molecular flexibility index (Phi) is 4.22. The van der Waals surface area contributed by atoms with E-state index >= 15 is 0 Å². The molecule has 0 bridgehead atoms. The summed E-state index contributed by atoms with van der Waals surface area (Å²) in [4.78, 5) is 22.7. The SMILES string of the molecule is CC(=O)NNC(=O)c1c(C)n(Cc2ccccc2)c[n+]1[O-]. The van der Waals surface area contributed by atoms with E-state index in [-0.39, 0.29) is 5.69 Å². The van der Waals surface area contributed by atoms with Gasteiger partial charge in [-0.2, -0.15) is 0 Å². The number of nitrogens with one attached hydrogen (secondary N) is 2. The minimum atomic E-state index is -0.649. The number of hydrazine groups is 1. The van der Waals surface area contributed by atoms with Crippen molar-refractivity contribution in [3.8, 4) is 0 Å². The molecular weight excluding hydrogens is 272 g/mol. The predicted molar refractivity (Wildman–Crippen MR) is 75.0 cm³/mol. The molecule has 0 spiro atoms. The predicted octanol–water partition coefficient (Wildman–Crippen LogP) is 0.259. The van der Waals surface area contributed by atoms with Crippen LogP contribution in [-0.2, 0) is 11.3 Å². The third kappa shape index (κ3) is 3.38. The van der Waals surface area contributed by atoms with Gasteiger partial charge < -0.3 is 5.21 Å². The van der Waals surface area contributed by atoms with Crippen molar-refractivity contribution in [2.45, 2.75) is 20.4 Å². The fraction of sp³-hybridized carbons (Fsp3) is 0.214. The van der Waals surface area contributed by atoms with Gasteiger partial charge in [-0.3, -0.25) is 20.4 Å². The quantitative estimate of drug-likeness (QED) is 0.482. The van der Waals surface area contributed by atoms with Crippen LogP contribution in [0.5, 0.6) is 0 Å². The van der Waals surface area contributed by atoms with Crippen molar-refractivity contribution >= 4 is 11.8 Å². The van der Waals surface area contributed by atoms with E-state index < -0.39 is 11.8 Å². The Bertz CT molecular complexity index is 664. The van der Waals surface area contributed by atoms with E-state index in [1.807, 2.05) is 30.3 Å². The molecule has 2 amide bonds. The summed E-state index contributed by atoms with van der Waals surface area (Å²) in [5.74, 6) is -1.06. The third-order valence-electron chi connectivity index (χ3n) is 3.00. The molecule has 0 radical (unpaired) electrons. The van der Waals surface area contributed by atoms with Gasteiger partial charge in [0.1, 0.15) is 6.54 Å². The van der Waals surface area contributed by atoms with Crippen molar-refractivity contribution in [3.05, 3.63) is 58.8 Å². The van der Waals surface area contributed by atoms with Crippen molar-refractivity contribution in [3.63, 3.8) is 0 Å². The number of carbonyl (C=O) groups is 2. The molecule has 1 aromatic heterocycles. The number of imidazole rings is 1. The number of amides is 2. The van der Waals surface area contributed by atoms with Gasteiger partial charge >= 0.3 is 5.91 Å². The molecule has 110 valence electrons. The van der Waals surface area contributed by atoms with Crippen molar-refractivity contribution < 1.29 is 14.3 Å². The number of aromatic nitrogens is 2. The second-order valence-electron chi connectivity index (χ2n) is 4.62. The minimum absolute atomic E-state index is 0.0420. The zero-order chi connectivity index (χ0) is 15.4. The molecule has 0 saturated heterocycles. The first-order valence-corrected chi connectivity index (χ1v) is 6.38. The highest BCUT2D eigenvalue weighted by atomic mass is 16.5. The monoisotopic (exact) mass is 288 g/mol. The van der Waals surface area contributed by atoms with Crippen molar-refractivity contribution in [1.82, 2.24) is 15.4 Å². The molecule has 0 aliphatic heterocycles. The molecule has 1 heterocycles. The molecule has 2 aromatic rings. The van der Waals surface area contributed by atoms with Crippen LogP contribution in [0.25, 0.3) is 0 Å². The molecule has 2 rings (SSSR count). The highest BCUT2D eigenvalue weighted by Gasteiger charge is 2.23. The summed E-state index contributed by atoms with van der Waals surface area (Å²) in [6.45, 7) is 3.43. The summed E-state index contributed by atoms with van der Waals surface area (Å²) in [5, 5.41) is 11.9. The van der Waals surface area contributed by atoms with E-state index in [1.54, 1.807) is 11.5 Å². The number of benzene rings is 1. The van der Waals surface area contributed by atoms with Crippen LogP contribution in [0.1, 0.15) is 28.7 Å². The fourth-order valence-corrected chi connectivity index (χ4v) is 1.97. The van der Waals surface area contributed by atoms with Gasteiger partial charge in [-0.1, -0.05) is 30.3 Å². The Morgan fingerprint density at radius 2 is 1.90 bits per heavy atom. The normalized spacial score (nSPS) is 10.2. The lowest BCUT2D eigenvalue weighted by atomic mass is 10.2. The first-order valence-electron chi connectivity index (χ1n) is 6.38. The first-order chi connectivity index (χ1) is 9.99. The highest BCUT2D eigenvalue weighted by Crippen LogP contribution is 2.08. The molecule has 0 aliphatic carbocycles. The van der Waals surface area contributed by atoms with Crippen LogP contribution in [0.2, 0.25) is 0 Å². The molecule has 21 heavy (non-hydrogen) atoms. The van der Waals surface area contributed by atoms with Gasteiger partial charge in [0.15, 0.2) is 5.69 Å². The smallest absolute Gasteiger partial charge is 0.314 e. The molecule has 0 aliphatic rings. The minimum Gasteiger partial charge on any atom is -0.710 e. The van der Waals surface area contributed by atoms with E-state index in [2.05, 4.69) is 10.9 Å². The maximum Gasteiger partial charge on any atom is 0.314 e. The summed E-state index contributed by atoms with van der Waals surface area (Å²) in [5.41, 5.74) is 5.84. The molecule has 1 aromatic carbocycles. The van der Waals surface area contributed by atoms with Crippen molar-refractivity contribution in [2.75, 3.05) is 0 Å². The van der Waals surface area contributed by atoms with Crippen molar-refractivity contribution in [1.29, 1.82) is 0 Å². The lowest BCUT2D eigenvalue weighted by Gasteiger charge is -2.05. The van der Waals surface area contributed by atoms with E-state index in [1.165, 1.54) is 13.3 Å². The Hall–Kier alpha value is -2.83. The number of carbonyl (C=O) groups excluding carboxylic acids is 2. The second-order valence-corrected chi connectivity index (χ2v) is 4.62. The van der Waals surface area contributed by atoms with E-state index in [0.29, 0.717) is 17.0 Å². The highest BCUT2D eigenvalue weighted by molar-refractivity contribution is 5.93. The topological polar surface area (TPSA) is 90.1 Å². The lowest BCUT2D eigenvalue weighted by molar-refractivity contribution is -0.607. The van der Waals surface area contributed by atoms with Gasteiger partial charge in [0, 0.05) is 13.8 Å². The van der Waals surface area contributed by atoms with Crippen LogP contribution < -0.4 is 15.6 Å². The van der Waals surface area contributed by atoms with E-state index in [4.69, 9.17) is 0 Å². The molecule has 7 nitrogen and oxygen atoms in total. The van der Waals surface area contributed by atoms with Crippen LogP contribution in [-0.4, -0.2) is 16.4 Å². The van der Waals surface area contributed by atoms with Crippen LogP contribution in [0.4, 0.5) is 0 Å². The summed E-state index contributed by atoms with van der Waals surface area (Å²) in [6.07, 6.45) is 1.31. The summed E-state index contributed by atoms with van der Waals surface area (Å²) < 4.78 is 2.18. The Morgan fingerprint density at radius 1 is 1.24 bits per heavy atom. The Morgan fingerprint density at radius 3 is 2.52 bits per heavy atom. The van der Waals surface area contributed by atoms with Gasteiger partial charge in [0.2, 0.25) is 17.9 Å². The largest absolute Gasteiger partial charge is 0.710 e. The summed E-state index contributed by atoms with van der Waals surface area (Å²) >= 11 is 0. The van der Waals surface area contributed by atoms with Gasteiger partial charge in [-0.25, -0.2) is 9.30 Å². The molecule has 2 N–H and O–H groups in total. The summed E-state index contributed by atoms with van der Waals surface area (Å²) in [6, 6.07) is 9.59. The molecule has 0 saturated carbocycles. The zero-order valence-corrected chi connectivity index (χ0v) is 11.8. The molecule has 0 unspecified atom stereocenters. The van der Waals surface area contributed by atoms with Gasteiger partial charge in [0.25, 0.3) is 0 Å². The van der Waals surface area contributed by atoms with E-state index in [0.717, 1.165) is 5.56 Å². The lowest BCUT2D eigenvalue weighted by Crippen LogP contribution is -2.45. The zero-order valence-electron chi connectivity index (χ0n) is 11.8. The molecular formula is C14H16N4O3. The number of hydrogen-bond donors (Lipinski definition) is 2. The molecule has 0 fully saturated rings. The molecule has 7 heteroatoms. The number of nitrogens with zero attached hydrogens (tertiary/aromatic N) is 2. The Balaban J connectivity index is 2.21. The fourth-order valence-electron chi connectivity index (χ4n) is 1.97. The number of rotatable bonds is 3. The summed E-state index contributed by atoms with van der Waals surface area (Å²) in [7, 11) is 0. The first kappa shape index (κ1) is 14.6. The van der Waals surface area contributed by atoms with Crippen LogP contribution >= 0.6 is 0 Å². The van der Waals surface area contributed by atoms with Crippen LogP contribution in [0.15, 0.2) is 36.7 Å². The van der Waals surface area contributed by atoms with Gasteiger partial charge in [-0.05, 0) is 5.56 Å². The van der Waals surface area contributed by atoms with Gasteiger partial charge in [0.05, 0.1) is 0 Å². The van der Waals surface area contributed by atoms with Gasteiger partial charge in [-0.15, -0.1) is 0 Å². The molecule has 0 atom stereocenters.